The Labute approximate surface area is 148 Å². The van der Waals surface area contributed by atoms with Gasteiger partial charge in [0.15, 0.2) is 11.8 Å². The molecule has 0 unspecified atom stereocenters. The van der Waals surface area contributed by atoms with Crippen molar-refractivity contribution >= 4 is 63.7 Å². The van der Waals surface area contributed by atoms with Gasteiger partial charge in [0.05, 0.1) is 0 Å². The molecule has 0 heterocycles. The molecule has 3 N–H and O–H groups in total. The molecule has 0 aliphatic rings. The minimum absolute atomic E-state index is 0.129. The number of carbonyl (C=O) groups excluding carboxylic acids is 1. The third-order valence-corrected chi connectivity index (χ3v) is 3.55. The van der Waals surface area contributed by atoms with Crippen LogP contribution >= 0.6 is 47.0 Å². The van der Waals surface area contributed by atoms with Crippen molar-refractivity contribution in [1.29, 1.82) is 0 Å². The Morgan fingerprint density at radius 2 is 1.95 bits per heavy atom. The zero-order valence-corrected chi connectivity index (χ0v) is 14.9. The highest BCUT2D eigenvalue weighted by Gasteiger charge is 2.34. The molecule has 4 nitrogen and oxygen atoms in total. The van der Waals surface area contributed by atoms with Crippen molar-refractivity contribution in [1.82, 2.24) is 10.6 Å². The second kappa shape index (κ2) is 8.15. The molecule has 22 heavy (non-hydrogen) atoms. The monoisotopic (exact) mass is 385 g/mol. The van der Waals surface area contributed by atoms with Crippen molar-refractivity contribution in [3.63, 3.8) is 0 Å². The largest absolute Gasteiger partial charge is 0.339 e. The molecule has 0 aliphatic carbocycles. The molecule has 0 saturated heterocycles. The van der Waals surface area contributed by atoms with E-state index in [1.165, 1.54) is 0 Å². The van der Waals surface area contributed by atoms with E-state index in [1.807, 2.05) is 32.0 Å². The number of amides is 1. The Morgan fingerprint density at radius 3 is 2.50 bits per heavy atom. The van der Waals surface area contributed by atoms with Gasteiger partial charge in [-0.05, 0) is 43.3 Å². The molecule has 0 spiro atoms. The van der Waals surface area contributed by atoms with Gasteiger partial charge < -0.3 is 16.0 Å². The van der Waals surface area contributed by atoms with E-state index < -0.39 is 22.5 Å². The number of thiocarbonyl (C=S) groups is 1. The van der Waals surface area contributed by atoms with Crippen LogP contribution in [0.3, 0.4) is 0 Å². The first kappa shape index (κ1) is 19.2. The minimum Gasteiger partial charge on any atom is -0.339 e. The van der Waals surface area contributed by atoms with Crippen molar-refractivity contribution in [2.45, 2.75) is 23.8 Å². The number of halogens is 4. The van der Waals surface area contributed by atoms with Crippen molar-refractivity contribution < 1.29 is 9.18 Å². The van der Waals surface area contributed by atoms with Crippen LogP contribution in [0.25, 0.3) is 0 Å². The second-order valence-electron chi connectivity index (χ2n) is 4.59. The van der Waals surface area contributed by atoms with E-state index in [9.17, 15) is 9.18 Å². The fraction of sp³-hybridized carbons (Fsp3) is 0.385. The lowest BCUT2D eigenvalue weighted by Crippen LogP contribution is -2.56. The average Bonchev–Trinajstić information content (AvgIpc) is 2.41. The maximum absolute atomic E-state index is 12.3. The molecular formula is C13H15Cl3FN3OS. The fourth-order valence-corrected chi connectivity index (χ4v) is 2.11. The van der Waals surface area contributed by atoms with Gasteiger partial charge in [-0.2, -0.15) is 0 Å². The molecule has 0 aromatic heterocycles. The summed E-state index contributed by atoms with van der Waals surface area (Å²) in [6.45, 7) is 2.62. The Morgan fingerprint density at radius 1 is 1.32 bits per heavy atom. The maximum atomic E-state index is 12.3. The average molecular weight is 387 g/mol. The number of alkyl halides is 4. The predicted molar refractivity (Wildman–Crippen MR) is 93.5 cm³/mol. The third-order valence-electron chi connectivity index (χ3n) is 2.67. The number of rotatable bonds is 4. The van der Waals surface area contributed by atoms with Crippen LogP contribution in [0.4, 0.5) is 10.1 Å². The van der Waals surface area contributed by atoms with E-state index in [2.05, 4.69) is 16.0 Å². The van der Waals surface area contributed by atoms with Crippen LogP contribution in [-0.4, -0.2) is 27.7 Å². The molecule has 1 amide bonds. The molecule has 1 atom stereocenters. The van der Waals surface area contributed by atoms with Crippen LogP contribution in [0.15, 0.2) is 18.2 Å². The van der Waals surface area contributed by atoms with E-state index in [0.29, 0.717) is 0 Å². The number of benzene rings is 1. The van der Waals surface area contributed by atoms with Crippen LogP contribution in [0, 0.1) is 13.8 Å². The topological polar surface area (TPSA) is 53.2 Å². The van der Waals surface area contributed by atoms with Crippen molar-refractivity contribution in [2.24, 2.45) is 0 Å². The predicted octanol–water partition coefficient (Wildman–Crippen LogP) is 3.37. The Hall–Kier alpha value is -0.820. The number of nitrogens with one attached hydrogen (secondary N) is 3. The summed E-state index contributed by atoms with van der Waals surface area (Å²) in [6, 6.07) is 5.79. The van der Waals surface area contributed by atoms with Gasteiger partial charge in [0.2, 0.25) is 3.79 Å². The lowest BCUT2D eigenvalue weighted by molar-refractivity contribution is -0.122. The molecule has 122 valence electrons. The van der Waals surface area contributed by atoms with Crippen LogP contribution in [0.1, 0.15) is 11.1 Å². The van der Waals surface area contributed by atoms with Gasteiger partial charge in [-0.25, -0.2) is 4.39 Å². The first-order chi connectivity index (χ1) is 10.1. The number of hydrogen-bond donors (Lipinski definition) is 3. The van der Waals surface area contributed by atoms with Crippen molar-refractivity contribution in [3.8, 4) is 0 Å². The summed E-state index contributed by atoms with van der Waals surface area (Å²) in [6.07, 6.45) is -1.18. The molecule has 1 aromatic rings. The molecule has 0 bridgehead atoms. The van der Waals surface area contributed by atoms with Crippen LogP contribution in [0.5, 0.6) is 0 Å². The summed E-state index contributed by atoms with van der Waals surface area (Å²) in [7, 11) is 0. The molecule has 0 aliphatic heterocycles. The number of aryl methyl sites for hydroxylation is 2. The van der Waals surface area contributed by atoms with E-state index in [1.54, 1.807) is 0 Å². The first-order valence-corrected chi connectivity index (χ1v) is 7.74. The zero-order valence-electron chi connectivity index (χ0n) is 11.8. The summed E-state index contributed by atoms with van der Waals surface area (Å²) in [5.74, 6) is -0.918. The van der Waals surface area contributed by atoms with Gasteiger partial charge in [0, 0.05) is 5.69 Å². The van der Waals surface area contributed by atoms with Gasteiger partial charge in [0.25, 0.3) is 5.91 Å². The van der Waals surface area contributed by atoms with Gasteiger partial charge in [-0.1, -0.05) is 46.9 Å². The summed E-state index contributed by atoms with van der Waals surface area (Å²) in [5, 5.41) is 7.92. The zero-order chi connectivity index (χ0) is 16.9. The number of anilines is 1. The van der Waals surface area contributed by atoms with Gasteiger partial charge in [0.1, 0.15) is 6.17 Å². The van der Waals surface area contributed by atoms with E-state index in [4.69, 9.17) is 47.0 Å². The summed E-state index contributed by atoms with van der Waals surface area (Å²) in [5.41, 5.74) is 2.78. The third kappa shape index (κ3) is 6.12. The fourth-order valence-electron chi connectivity index (χ4n) is 1.56. The highest BCUT2D eigenvalue weighted by atomic mass is 35.6. The lowest BCUT2D eigenvalue weighted by Gasteiger charge is -2.27. The molecule has 1 aromatic carbocycles. The van der Waals surface area contributed by atoms with Crippen LogP contribution < -0.4 is 16.0 Å². The summed E-state index contributed by atoms with van der Waals surface area (Å²) >= 11 is 22.4. The van der Waals surface area contributed by atoms with E-state index >= 15 is 0 Å². The van der Waals surface area contributed by atoms with Gasteiger partial charge in [-0.3, -0.25) is 4.79 Å². The van der Waals surface area contributed by atoms with Crippen LogP contribution in [-0.2, 0) is 4.79 Å². The molecule has 0 saturated carbocycles. The Bertz CT molecular complexity index is 566. The molecule has 0 fully saturated rings. The smallest absolute Gasteiger partial charge is 0.253 e. The minimum atomic E-state index is -1.90. The Kier molecular flexibility index (Phi) is 7.12. The van der Waals surface area contributed by atoms with Gasteiger partial charge >= 0.3 is 0 Å². The molecule has 0 radical (unpaired) electrons. The van der Waals surface area contributed by atoms with Crippen LogP contribution in [0.2, 0.25) is 0 Å². The first-order valence-electron chi connectivity index (χ1n) is 6.20. The lowest BCUT2D eigenvalue weighted by atomic mass is 10.1. The Balaban J connectivity index is 2.79. The molecule has 1 rings (SSSR count). The maximum Gasteiger partial charge on any atom is 0.253 e. The summed E-state index contributed by atoms with van der Waals surface area (Å²) < 4.78 is 10.4. The second-order valence-corrected chi connectivity index (χ2v) is 7.37. The van der Waals surface area contributed by atoms with E-state index in [0.717, 1.165) is 16.8 Å². The highest BCUT2D eigenvalue weighted by Crippen LogP contribution is 2.29. The molecule has 9 heteroatoms. The number of carbonyl (C=O) groups is 1. The van der Waals surface area contributed by atoms with Gasteiger partial charge in [-0.15, -0.1) is 0 Å². The molecular weight excluding hydrogens is 372 g/mol. The van der Waals surface area contributed by atoms with E-state index in [-0.39, 0.29) is 5.11 Å². The summed E-state index contributed by atoms with van der Waals surface area (Å²) in [4.78, 5) is 11.1. The van der Waals surface area contributed by atoms with Crippen molar-refractivity contribution in [2.75, 3.05) is 12.0 Å². The normalized spacial score (nSPS) is 12.5. The highest BCUT2D eigenvalue weighted by molar-refractivity contribution is 7.80. The SMILES string of the molecule is Cc1ccc(C)c(NC(=S)N[C@H](NC(=O)CF)C(Cl)(Cl)Cl)c1. The quantitative estimate of drug-likeness (QED) is 0.422. The number of hydrogen-bond acceptors (Lipinski definition) is 2. The standard InChI is InChI=1S/C13H15Cl3FN3OS/c1-7-3-4-8(2)9(5-7)18-12(22)20-11(13(14,15)16)19-10(21)6-17/h3-5,11H,6H2,1-2H3,(H,19,21)(H2,18,20,22)/t11-/m0/s1. The van der Waals surface area contributed by atoms with Crippen molar-refractivity contribution in [3.05, 3.63) is 29.3 Å².